The van der Waals surface area contributed by atoms with E-state index in [0.29, 0.717) is 10.6 Å². The van der Waals surface area contributed by atoms with Crippen LogP contribution in [0.4, 0.5) is 11.4 Å². The minimum atomic E-state index is -2.98. The number of rotatable bonds is 7. The average Bonchev–Trinajstić information content (AvgIpc) is 3.38. The summed E-state index contributed by atoms with van der Waals surface area (Å²) in [5.74, 6) is 0. The molecule has 2 aliphatic rings. The van der Waals surface area contributed by atoms with E-state index in [-0.39, 0.29) is 11.4 Å². The van der Waals surface area contributed by atoms with Gasteiger partial charge in [0.15, 0.2) is 0 Å². The number of anilines is 1. The second kappa shape index (κ2) is 5.85. The molecule has 0 spiro atoms. The fourth-order valence-corrected chi connectivity index (χ4v) is 4.73. The Morgan fingerprint density at radius 1 is 1.35 bits per heavy atom. The van der Waals surface area contributed by atoms with Crippen molar-refractivity contribution in [2.45, 2.75) is 13.0 Å². The second-order valence-corrected chi connectivity index (χ2v) is 8.00. The van der Waals surface area contributed by atoms with Crippen LogP contribution in [0.1, 0.15) is 18.6 Å². The van der Waals surface area contributed by atoms with Gasteiger partial charge in [-0.15, -0.1) is 0 Å². The lowest BCUT2D eigenvalue weighted by atomic mass is 10.1. The summed E-state index contributed by atoms with van der Waals surface area (Å²) < 4.78 is 22.4. The van der Waals surface area contributed by atoms with E-state index in [1.165, 1.54) is 19.2 Å². The summed E-state index contributed by atoms with van der Waals surface area (Å²) >= 11 is 0. The number of hydrogen-bond donors (Lipinski definition) is 1. The lowest BCUT2D eigenvalue weighted by Gasteiger charge is -2.24. The van der Waals surface area contributed by atoms with Gasteiger partial charge in [0.05, 0.1) is 11.0 Å². The molecule has 1 atom stereocenters. The molecule has 126 valence electrons. The topological polar surface area (TPSA) is 98.9 Å². The number of benzene rings is 1. The van der Waals surface area contributed by atoms with Gasteiger partial charge in [-0.2, -0.15) is 0 Å². The summed E-state index contributed by atoms with van der Waals surface area (Å²) in [7, 11) is -1.66. The molecule has 3 rings (SSSR count). The zero-order valence-electron chi connectivity index (χ0n) is 13.0. The number of hydrogen-bond acceptors (Lipinski definition) is 6. The van der Waals surface area contributed by atoms with Crippen molar-refractivity contribution in [1.29, 1.82) is 0 Å². The third-order valence-electron chi connectivity index (χ3n) is 3.87. The van der Waals surface area contributed by atoms with Crippen LogP contribution in [0.2, 0.25) is 0 Å². The molecule has 0 aliphatic carbocycles. The predicted octanol–water partition coefficient (Wildman–Crippen LogP) is 2.24. The Balaban J connectivity index is 1.84. The molecule has 1 aromatic carbocycles. The van der Waals surface area contributed by atoms with E-state index < -0.39 is 18.7 Å². The molecule has 2 aliphatic heterocycles. The van der Waals surface area contributed by atoms with Gasteiger partial charge in [-0.3, -0.25) is 29.5 Å². The summed E-state index contributed by atoms with van der Waals surface area (Å²) in [5.41, 5.74) is 0.484. The third-order valence-corrected chi connectivity index (χ3v) is 6.69. The highest BCUT2D eigenvalue weighted by molar-refractivity contribution is 7.54. The highest BCUT2D eigenvalue weighted by atomic mass is 31.2. The molecule has 0 radical (unpaired) electrons. The molecular formula is C13H19N4O5P. The molecule has 0 saturated carbocycles. The molecule has 9 nitrogen and oxygen atoms in total. The first-order valence-corrected chi connectivity index (χ1v) is 8.86. The highest BCUT2D eigenvalue weighted by Crippen LogP contribution is 2.63. The SMILES string of the molecule is CC(OP(=O)(N1CC1)N1CC1)c1ccc([N+](=O)[O-])c(N(C)O)c1. The van der Waals surface area contributed by atoms with Gasteiger partial charge >= 0.3 is 7.67 Å². The largest absolute Gasteiger partial charge is 0.346 e. The Bertz CT molecular complexity index is 658. The normalized spacial score (nSPS) is 19.4. The van der Waals surface area contributed by atoms with E-state index in [1.807, 2.05) is 0 Å². The summed E-state index contributed by atoms with van der Waals surface area (Å²) in [5, 5.41) is 21.3. The monoisotopic (exact) mass is 342 g/mol. The van der Waals surface area contributed by atoms with E-state index in [4.69, 9.17) is 4.52 Å². The summed E-state index contributed by atoms with van der Waals surface area (Å²) in [6, 6.07) is 4.36. The van der Waals surface area contributed by atoms with Crippen molar-refractivity contribution in [2.24, 2.45) is 0 Å². The van der Waals surface area contributed by atoms with Gasteiger partial charge in [-0.05, 0) is 24.6 Å². The predicted molar refractivity (Wildman–Crippen MR) is 83.5 cm³/mol. The lowest BCUT2D eigenvalue weighted by molar-refractivity contribution is -0.384. The summed E-state index contributed by atoms with van der Waals surface area (Å²) in [6.07, 6.45) is -0.512. The Kier molecular flexibility index (Phi) is 4.16. The fourth-order valence-electron chi connectivity index (χ4n) is 2.38. The maximum absolute atomic E-state index is 13.0. The molecule has 10 heteroatoms. The molecule has 2 fully saturated rings. The van der Waals surface area contributed by atoms with Crippen LogP contribution in [0.25, 0.3) is 0 Å². The molecule has 1 unspecified atom stereocenters. The quantitative estimate of drug-likeness (QED) is 0.349. The van der Waals surface area contributed by atoms with Crippen molar-refractivity contribution in [3.8, 4) is 0 Å². The van der Waals surface area contributed by atoms with Crippen molar-refractivity contribution in [3.05, 3.63) is 33.9 Å². The maximum atomic E-state index is 13.0. The van der Waals surface area contributed by atoms with Gasteiger partial charge in [0.1, 0.15) is 5.69 Å². The molecule has 23 heavy (non-hydrogen) atoms. The number of nitro benzene ring substituents is 1. The van der Waals surface area contributed by atoms with Crippen LogP contribution >= 0.6 is 7.67 Å². The van der Waals surface area contributed by atoms with Gasteiger partial charge in [-0.25, -0.2) is 9.34 Å². The Morgan fingerprint density at radius 2 is 1.91 bits per heavy atom. The van der Waals surface area contributed by atoms with Gasteiger partial charge in [0.2, 0.25) is 0 Å². The number of nitrogens with zero attached hydrogens (tertiary/aromatic N) is 4. The Morgan fingerprint density at radius 3 is 2.35 bits per heavy atom. The van der Waals surface area contributed by atoms with Gasteiger partial charge in [0.25, 0.3) is 5.69 Å². The smallest absolute Gasteiger partial charge is 0.298 e. The van der Waals surface area contributed by atoms with Gasteiger partial charge in [-0.1, -0.05) is 0 Å². The van der Waals surface area contributed by atoms with Crippen molar-refractivity contribution >= 4 is 19.0 Å². The van der Waals surface area contributed by atoms with E-state index in [9.17, 15) is 19.9 Å². The molecule has 1 N–H and O–H groups in total. The molecular weight excluding hydrogens is 323 g/mol. The van der Waals surface area contributed by atoms with E-state index in [2.05, 4.69) is 0 Å². The number of hydroxylamine groups is 1. The maximum Gasteiger partial charge on any atom is 0.346 e. The van der Waals surface area contributed by atoms with E-state index in [1.54, 1.807) is 22.3 Å². The molecule has 0 bridgehead atoms. The summed E-state index contributed by atoms with van der Waals surface area (Å²) in [4.78, 5) is 10.4. The van der Waals surface area contributed by atoms with Crippen LogP contribution < -0.4 is 5.06 Å². The molecule has 2 heterocycles. The minimum Gasteiger partial charge on any atom is -0.298 e. The lowest BCUT2D eigenvalue weighted by Crippen LogP contribution is -2.14. The van der Waals surface area contributed by atoms with Crippen molar-refractivity contribution < 1.29 is 19.2 Å². The van der Waals surface area contributed by atoms with Crippen LogP contribution in [0.3, 0.4) is 0 Å². The number of nitro groups is 1. The first-order chi connectivity index (χ1) is 10.8. The summed E-state index contributed by atoms with van der Waals surface area (Å²) in [6.45, 7) is 4.77. The van der Waals surface area contributed by atoms with Gasteiger partial charge in [0, 0.05) is 39.3 Å². The zero-order chi connectivity index (χ0) is 16.8. The van der Waals surface area contributed by atoms with E-state index in [0.717, 1.165) is 26.2 Å². The van der Waals surface area contributed by atoms with Crippen LogP contribution in [-0.2, 0) is 9.09 Å². The van der Waals surface area contributed by atoms with Crippen LogP contribution in [0.15, 0.2) is 18.2 Å². The Hall–Kier alpha value is -1.51. The standard InChI is InChI=1S/C13H19N4O5P/c1-10(22-23(21,15-5-6-15)16-7-8-16)11-3-4-12(17(19)20)13(9-11)14(2)18/h3-4,9-10,18H,5-8H2,1-2H3. The van der Waals surface area contributed by atoms with Crippen LogP contribution in [-0.4, -0.2) is 52.7 Å². The second-order valence-electron chi connectivity index (χ2n) is 5.67. The third kappa shape index (κ3) is 3.24. The minimum absolute atomic E-state index is 0.0660. The van der Waals surface area contributed by atoms with Crippen LogP contribution in [0.5, 0.6) is 0 Å². The molecule has 2 saturated heterocycles. The molecule has 0 aromatic heterocycles. The zero-order valence-corrected chi connectivity index (χ0v) is 13.8. The average molecular weight is 342 g/mol. The first kappa shape index (κ1) is 16.4. The van der Waals surface area contributed by atoms with Crippen molar-refractivity contribution in [3.63, 3.8) is 0 Å². The van der Waals surface area contributed by atoms with Gasteiger partial charge < -0.3 is 0 Å². The van der Waals surface area contributed by atoms with Crippen LogP contribution in [0, 0.1) is 10.1 Å². The van der Waals surface area contributed by atoms with Crippen molar-refractivity contribution in [2.75, 3.05) is 38.3 Å². The van der Waals surface area contributed by atoms with Crippen molar-refractivity contribution in [1.82, 2.24) is 9.34 Å². The highest BCUT2D eigenvalue weighted by Gasteiger charge is 2.50. The first-order valence-electron chi connectivity index (χ1n) is 7.33. The molecule has 1 aromatic rings. The fraction of sp³-hybridized carbons (Fsp3) is 0.538. The van der Waals surface area contributed by atoms with E-state index >= 15 is 0 Å². The molecule has 0 amide bonds. The Labute approximate surface area is 133 Å².